The molecule has 7 heteroatoms. The molecular formula is C19H41IN4O2. The Bertz CT molecular complexity index is 393. The molecule has 0 saturated carbocycles. The molecule has 0 aliphatic carbocycles. The first-order chi connectivity index (χ1) is 11.9. The predicted molar refractivity (Wildman–Crippen MR) is 121 cm³/mol. The third kappa shape index (κ3) is 9.19. The minimum Gasteiger partial charge on any atom is -0.388 e. The fourth-order valence-electron chi connectivity index (χ4n) is 3.36. The van der Waals surface area contributed by atoms with E-state index in [9.17, 15) is 5.11 Å². The molecule has 0 unspecified atom stereocenters. The van der Waals surface area contributed by atoms with Crippen LogP contribution in [0.5, 0.6) is 0 Å². The van der Waals surface area contributed by atoms with Crippen molar-refractivity contribution in [1.29, 1.82) is 0 Å². The number of hydrogen-bond donors (Lipinski definition) is 3. The van der Waals surface area contributed by atoms with E-state index in [4.69, 9.17) is 9.73 Å². The molecule has 1 fully saturated rings. The Balaban J connectivity index is 0.00000625. The maximum atomic E-state index is 10.8. The van der Waals surface area contributed by atoms with E-state index >= 15 is 0 Å². The molecule has 6 nitrogen and oxygen atoms in total. The molecule has 1 aliphatic heterocycles. The molecule has 1 saturated heterocycles. The first kappa shape index (κ1) is 25.9. The number of nitrogens with one attached hydrogen (secondary N) is 2. The van der Waals surface area contributed by atoms with Crippen molar-refractivity contribution in [2.75, 3.05) is 45.9 Å². The summed E-state index contributed by atoms with van der Waals surface area (Å²) in [6.45, 7) is 16.3. The van der Waals surface area contributed by atoms with Crippen molar-refractivity contribution in [3.63, 3.8) is 0 Å². The van der Waals surface area contributed by atoms with Crippen LogP contribution in [0.25, 0.3) is 0 Å². The van der Waals surface area contributed by atoms with E-state index in [0.717, 1.165) is 64.5 Å². The smallest absolute Gasteiger partial charge is 0.191 e. The van der Waals surface area contributed by atoms with Crippen LogP contribution in [0.1, 0.15) is 60.3 Å². The third-order valence-electron chi connectivity index (χ3n) is 4.85. The molecule has 0 aromatic carbocycles. The zero-order valence-electron chi connectivity index (χ0n) is 17.4. The van der Waals surface area contributed by atoms with E-state index < -0.39 is 5.60 Å². The Kier molecular flexibility index (Phi) is 13.1. The molecule has 0 radical (unpaired) electrons. The van der Waals surface area contributed by atoms with Crippen LogP contribution in [0, 0.1) is 0 Å². The molecule has 3 N–H and O–H groups in total. The number of aliphatic hydroxyl groups is 1. The average Bonchev–Trinajstić information content (AvgIpc) is 2.59. The summed E-state index contributed by atoms with van der Waals surface area (Å²) < 4.78 is 5.45. The van der Waals surface area contributed by atoms with Gasteiger partial charge in [-0.2, -0.15) is 0 Å². The maximum Gasteiger partial charge on any atom is 0.191 e. The second-order valence-corrected chi connectivity index (χ2v) is 7.68. The zero-order valence-corrected chi connectivity index (χ0v) is 19.8. The summed E-state index contributed by atoms with van der Waals surface area (Å²) in [6, 6.07) is 0. The Morgan fingerprint density at radius 2 is 1.65 bits per heavy atom. The fourth-order valence-corrected chi connectivity index (χ4v) is 3.36. The highest BCUT2D eigenvalue weighted by Gasteiger charge is 2.28. The van der Waals surface area contributed by atoms with Gasteiger partial charge in [0.1, 0.15) is 0 Å². The molecule has 0 atom stereocenters. The topological polar surface area (TPSA) is 69.1 Å². The third-order valence-corrected chi connectivity index (χ3v) is 4.85. The average molecular weight is 484 g/mol. The van der Waals surface area contributed by atoms with Crippen LogP contribution < -0.4 is 10.6 Å². The van der Waals surface area contributed by atoms with Gasteiger partial charge in [-0.25, -0.2) is 0 Å². The summed E-state index contributed by atoms with van der Waals surface area (Å²) in [5.74, 6) is 0.787. The van der Waals surface area contributed by atoms with Crippen LogP contribution in [0.2, 0.25) is 0 Å². The summed E-state index contributed by atoms with van der Waals surface area (Å²) >= 11 is 0. The van der Waals surface area contributed by atoms with Crippen molar-refractivity contribution < 1.29 is 9.84 Å². The second-order valence-electron chi connectivity index (χ2n) is 7.68. The van der Waals surface area contributed by atoms with Crippen molar-refractivity contribution in [3.05, 3.63) is 0 Å². The number of nitrogens with zero attached hydrogens (tertiary/aromatic N) is 2. The fraction of sp³-hybridized carbons (Fsp3) is 0.947. The van der Waals surface area contributed by atoms with Gasteiger partial charge in [-0.1, -0.05) is 26.7 Å². The van der Waals surface area contributed by atoms with Crippen molar-refractivity contribution in [1.82, 2.24) is 15.5 Å². The van der Waals surface area contributed by atoms with Gasteiger partial charge in [0.2, 0.25) is 0 Å². The quantitative estimate of drug-likeness (QED) is 0.253. The minimum absolute atomic E-state index is 0. The van der Waals surface area contributed by atoms with E-state index in [-0.39, 0.29) is 29.5 Å². The molecule has 1 heterocycles. The van der Waals surface area contributed by atoms with Crippen molar-refractivity contribution >= 4 is 29.9 Å². The molecule has 0 spiro atoms. The molecule has 156 valence electrons. The Morgan fingerprint density at radius 3 is 2.15 bits per heavy atom. The van der Waals surface area contributed by atoms with Gasteiger partial charge >= 0.3 is 0 Å². The van der Waals surface area contributed by atoms with Gasteiger partial charge < -0.3 is 20.5 Å². The normalized spacial score (nSPS) is 16.9. The van der Waals surface area contributed by atoms with Crippen molar-refractivity contribution in [2.24, 2.45) is 4.99 Å². The highest BCUT2D eigenvalue weighted by Crippen LogP contribution is 2.19. The maximum absolute atomic E-state index is 10.8. The number of morpholine rings is 1. The molecule has 1 rings (SSSR count). The standard InChI is InChI=1S/C19H40N4O2.HI/c1-6-9-19(24,10-7-2)16-22-17(20-8-3)21-15-18(4,5)23-11-13-25-14-12-23;/h24H,6-16H2,1-5H3,(H2,20,21,22);1H. The van der Waals surface area contributed by atoms with Gasteiger partial charge in [0.15, 0.2) is 5.96 Å². The summed E-state index contributed by atoms with van der Waals surface area (Å²) in [5, 5.41) is 17.4. The number of aliphatic imine (C=N–C) groups is 1. The largest absolute Gasteiger partial charge is 0.388 e. The minimum atomic E-state index is -0.653. The molecule has 0 amide bonds. The van der Waals surface area contributed by atoms with Gasteiger partial charge in [-0.3, -0.25) is 9.89 Å². The number of rotatable bonds is 10. The van der Waals surface area contributed by atoms with E-state index in [0.29, 0.717) is 13.1 Å². The Hall–Kier alpha value is -0.120. The summed E-state index contributed by atoms with van der Waals surface area (Å²) in [4.78, 5) is 7.22. The molecular weight excluding hydrogens is 443 g/mol. The van der Waals surface area contributed by atoms with Gasteiger partial charge in [-0.15, -0.1) is 24.0 Å². The molecule has 1 aliphatic rings. The van der Waals surface area contributed by atoms with Crippen molar-refractivity contribution in [2.45, 2.75) is 71.4 Å². The van der Waals surface area contributed by atoms with Crippen molar-refractivity contribution in [3.8, 4) is 0 Å². The highest BCUT2D eigenvalue weighted by molar-refractivity contribution is 14.0. The lowest BCUT2D eigenvalue weighted by molar-refractivity contribution is -0.00687. The van der Waals surface area contributed by atoms with Gasteiger partial charge in [0.05, 0.1) is 25.4 Å². The number of guanidine groups is 1. The molecule has 0 bridgehead atoms. The lowest BCUT2D eigenvalue weighted by Gasteiger charge is -2.40. The summed E-state index contributed by atoms with van der Waals surface area (Å²) in [6.07, 6.45) is 3.59. The van der Waals surface area contributed by atoms with Gasteiger partial charge in [0.25, 0.3) is 0 Å². The highest BCUT2D eigenvalue weighted by atomic mass is 127. The lowest BCUT2D eigenvalue weighted by atomic mass is 9.93. The van der Waals surface area contributed by atoms with Crippen LogP contribution >= 0.6 is 24.0 Å². The Labute approximate surface area is 177 Å². The van der Waals surface area contributed by atoms with Crippen LogP contribution in [0.4, 0.5) is 0 Å². The number of halogens is 1. The molecule has 26 heavy (non-hydrogen) atoms. The SMILES string of the molecule is CCCC(O)(CCC)CNC(=NCC(C)(C)N1CCOCC1)NCC.I. The summed E-state index contributed by atoms with van der Waals surface area (Å²) in [5.41, 5.74) is -0.658. The van der Waals surface area contributed by atoms with Crippen LogP contribution in [-0.4, -0.2) is 73.0 Å². The second kappa shape index (κ2) is 13.1. The number of ether oxygens (including phenoxy) is 1. The molecule has 0 aromatic heterocycles. The number of hydrogen-bond acceptors (Lipinski definition) is 4. The van der Waals surface area contributed by atoms with Crippen LogP contribution in [0.3, 0.4) is 0 Å². The first-order valence-electron chi connectivity index (χ1n) is 9.94. The lowest BCUT2D eigenvalue weighted by Crippen LogP contribution is -2.52. The van der Waals surface area contributed by atoms with Crippen LogP contribution in [0.15, 0.2) is 4.99 Å². The monoisotopic (exact) mass is 484 g/mol. The first-order valence-corrected chi connectivity index (χ1v) is 9.94. The predicted octanol–water partition coefficient (Wildman–Crippen LogP) is 2.60. The van der Waals surface area contributed by atoms with Gasteiger partial charge in [0, 0.05) is 31.7 Å². The van der Waals surface area contributed by atoms with E-state index in [1.54, 1.807) is 0 Å². The molecule has 0 aromatic rings. The summed E-state index contributed by atoms with van der Waals surface area (Å²) in [7, 11) is 0. The van der Waals surface area contributed by atoms with Gasteiger partial charge in [-0.05, 0) is 33.6 Å². The van der Waals surface area contributed by atoms with Crippen LogP contribution in [-0.2, 0) is 4.74 Å². The Morgan fingerprint density at radius 1 is 1.08 bits per heavy atom. The van der Waals surface area contributed by atoms with E-state index in [2.05, 4.69) is 50.2 Å². The van der Waals surface area contributed by atoms with E-state index in [1.807, 2.05) is 0 Å². The van der Waals surface area contributed by atoms with E-state index in [1.165, 1.54) is 0 Å². The zero-order chi connectivity index (χ0) is 18.8.